The van der Waals surface area contributed by atoms with Crippen molar-refractivity contribution in [1.29, 1.82) is 5.41 Å². The highest BCUT2D eigenvalue weighted by atomic mass is 35.5. The van der Waals surface area contributed by atoms with E-state index in [2.05, 4.69) is 25.6 Å². The fraction of sp³-hybridized carbons (Fsp3) is 0.364. The molecule has 0 aliphatic carbocycles. The molecular formula is C22H28ClN7O2. The number of nitrogens with two attached hydrogens (primary N) is 1. The summed E-state index contributed by atoms with van der Waals surface area (Å²) >= 11 is 6.60. The zero-order valence-corrected chi connectivity index (χ0v) is 19.4. The molecule has 1 aromatic carbocycles. The summed E-state index contributed by atoms with van der Waals surface area (Å²) in [5.74, 6) is 0.422. The number of nitrogens with zero attached hydrogens (tertiary/aromatic N) is 2. The number of carbonyl (C=O) groups excluding carboxylic acids is 1. The molecule has 10 heteroatoms. The Bertz CT molecular complexity index is 1150. The van der Waals surface area contributed by atoms with E-state index in [-0.39, 0.29) is 23.0 Å². The molecule has 0 spiro atoms. The lowest BCUT2D eigenvalue weighted by Crippen LogP contribution is -2.28. The number of hydrogen-bond acceptors (Lipinski definition) is 7. The highest BCUT2D eigenvalue weighted by molar-refractivity contribution is 6.40. The smallest absolute Gasteiger partial charge is 0.251 e. The van der Waals surface area contributed by atoms with Crippen LogP contribution < -0.4 is 16.4 Å². The number of ether oxygens (including phenoxy) is 1. The Morgan fingerprint density at radius 1 is 1.31 bits per heavy atom. The van der Waals surface area contributed by atoms with Crippen LogP contribution in [0.1, 0.15) is 48.8 Å². The van der Waals surface area contributed by atoms with E-state index in [1.807, 2.05) is 20.8 Å². The van der Waals surface area contributed by atoms with Gasteiger partial charge in [0.25, 0.3) is 5.91 Å². The van der Waals surface area contributed by atoms with Crippen LogP contribution in [0.4, 0.5) is 11.6 Å². The SMILES string of the molecule is COCCCNC(=O)c1ccc2c(Cl)c(C(=N)c3c(N)ncnc3NC(C)(C)C)[nH]c2c1. The lowest BCUT2D eigenvalue weighted by atomic mass is 10.1. The Morgan fingerprint density at radius 2 is 2.06 bits per heavy atom. The quantitative estimate of drug-likeness (QED) is 0.258. The topological polar surface area (TPSA) is 142 Å². The summed E-state index contributed by atoms with van der Waals surface area (Å²) in [7, 11) is 1.62. The molecule has 2 heterocycles. The monoisotopic (exact) mass is 457 g/mol. The van der Waals surface area contributed by atoms with Crippen molar-refractivity contribution < 1.29 is 9.53 Å². The predicted octanol–water partition coefficient (Wildman–Crippen LogP) is 3.59. The predicted molar refractivity (Wildman–Crippen MR) is 128 cm³/mol. The van der Waals surface area contributed by atoms with Crippen LogP contribution in [-0.2, 0) is 4.74 Å². The molecule has 0 bridgehead atoms. The van der Waals surface area contributed by atoms with Crippen molar-refractivity contribution in [3.05, 3.63) is 46.4 Å². The van der Waals surface area contributed by atoms with Crippen LogP contribution in [0.25, 0.3) is 10.9 Å². The van der Waals surface area contributed by atoms with Gasteiger partial charge in [0.15, 0.2) is 0 Å². The van der Waals surface area contributed by atoms with Crippen LogP contribution >= 0.6 is 11.6 Å². The lowest BCUT2D eigenvalue weighted by molar-refractivity contribution is 0.0948. The highest BCUT2D eigenvalue weighted by Crippen LogP contribution is 2.32. The number of rotatable bonds is 8. The molecule has 0 atom stereocenters. The zero-order valence-electron chi connectivity index (χ0n) is 18.6. The summed E-state index contributed by atoms with van der Waals surface area (Å²) in [6.45, 7) is 7.04. The summed E-state index contributed by atoms with van der Waals surface area (Å²) in [6.07, 6.45) is 2.08. The number of aromatic nitrogens is 3. The average Bonchev–Trinajstić information content (AvgIpc) is 3.05. The summed E-state index contributed by atoms with van der Waals surface area (Å²) in [4.78, 5) is 23.9. The average molecular weight is 458 g/mol. The first-order valence-corrected chi connectivity index (χ1v) is 10.6. The summed E-state index contributed by atoms with van der Waals surface area (Å²) in [5, 5.41) is 16.0. The van der Waals surface area contributed by atoms with Crippen LogP contribution in [0.3, 0.4) is 0 Å². The van der Waals surface area contributed by atoms with E-state index in [9.17, 15) is 4.79 Å². The molecule has 1 amide bonds. The first kappa shape index (κ1) is 23.5. The molecular weight excluding hydrogens is 430 g/mol. The third-order valence-corrected chi connectivity index (χ3v) is 5.07. The normalized spacial score (nSPS) is 11.5. The van der Waals surface area contributed by atoms with Gasteiger partial charge >= 0.3 is 0 Å². The minimum absolute atomic E-state index is 0.0571. The van der Waals surface area contributed by atoms with Gasteiger partial charge in [-0.25, -0.2) is 9.97 Å². The number of nitrogens with one attached hydrogen (secondary N) is 4. The number of carbonyl (C=O) groups is 1. The number of aromatic amines is 1. The Kier molecular flexibility index (Phi) is 7.00. The molecule has 3 rings (SSSR count). The maximum atomic E-state index is 12.4. The number of amides is 1. The molecule has 0 unspecified atom stereocenters. The standard InChI is InChI=1S/C22H28ClN7O2/c1-22(2,3)30-20-15(19(25)27-11-28-20)17(24)18-16(23)13-7-6-12(10-14(13)29-18)21(31)26-8-5-9-32-4/h6-7,10-11,24,29H,5,8-9H2,1-4H3,(H,26,31)(H3,25,27,28,30). The number of methoxy groups -OCH3 is 1. The second-order valence-corrected chi connectivity index (χ2v) is 8.79. The van der Waals surface area contributed by atoms with Crippen molar-refractivity contribution in [3.63, 3.8) is 0 Å². The van der Waals surface area contributed by atoms with Gasteiger partial charge in [0.05, 0.1) is 22.0 Å². The van der Waals surface area contributed by atoms with Crippen molar-refractivity contribution >= 4 is 45.8 Å². The summed E-state index contributed by atoms with van der Waals surface area (Å²) in [5.41, 5.74) is 7.72. The van der Waals surface area contributed by atoms with Gasteiger partial charge in [0.1, 0.15) is 18.0 Å². The first-order valence-electron chi connectivity index (χ1n) is 10.2. The number of fused-ring (bicyclic) bond motifs is 1. The largest absolute Gasteiger partial charge is 0.385 e. The summed E-state index contributed by atoms with van der Waals surface area (Å²) in [6, 6.07) is 5.17. The van der Waals surface area contributed by atoms with Gasteiger partial charge in [0.2, 0.25) is 0 Å². The Morgan fingerprint density at radius 3 is 2.75 bits per heavy atom. The second kappa shape index (κ2) is 9.54. The molecule has 32 heavy (non-hydrogen) atoms. The molecule has 0 aliphatic rings. The van der Waals surface area contributed by atoms with E-state index in [1.165, 1.54) is 6.33 Å². The molecule has 9 nitrogen and oxygen atoms in total. The first-order chi connectivity index (χ1) is 15.1. The Balaban J connectivity index is 1.94. The van der Waals surface area contributed by atoms with Crippen LogP contribution in [0, 0.1) is 5.41 Å². The molecule has 2 aromatic heterocycles. The minimum atomic E-state index is -0.300. The molecule has 0 fully saturated rings. The van der Waals surface area contributed by atoms with Crippen molar-refractivity contribution in [2.45, 2.75) is 32.7 Å². The molecule has 0 saturated carbocycles. The number of benzene rings is 1. The van der Waals surface area contributed by atoms with E-state index < -0.39 is 0 Å². The van der Waals surface area contributed by atoms with E-state index in [4.69, 9.17) is 27.5 Å². The molecule has 6 N–H and O–H groups in total. The Labute approximate surface area is 191 Å². The van der Waals surface area contributed by atoms with Crippen molar-refractivity contribution in [1.82, 2.24) is 20.3 Å². The van der Waals surface area contributed by atoms with E-state index in [0.717, 1.165) is 6.42 Å². The molecule has 170 valence electrons. The molecule has 3 aromatic rings. The third-order valence-electron chi connectivity index (χ3n) is 4.68. The van der Waals surface area contributed by atoms with Gasteiger partial charge in [-0.15, -0.1) is 0 Å². The van der Waals surface area contributed by atoms with Crippen LogP contribution in [0.5, 0.6) is 0 Å². The molecule has 0 aliphatic heterocycles. The van der Waals surface area contributed by atoms with Crippen LogP contribution in [0.15, 0.2) is 24.5 Å². The van der Waals surface area contributed by atoms with Gasteiger partial charge in [0, 0.05) is 42.3 Å². The number of anilines is 2. The van der Waals surface area contributed by atoms with Gasteiger partial charge in [-0.05, 0) is 39.3 Å². The number of nitrogen functional groups attached to an aromatic ring is 1. The maximum Gasteiger partial charge on any atom is 0.251 e. The number of H-pyrrole nitrogens is 1. The maximum absolute atomic E-state index is 12.4. The van der Waals surface area contributed by atoms with Gasteiger partial charge in [-0.2, -0.15) is 0 Å². The third kappa shape index (κ3) is 5.17. The molecule has 0 saturated heterocycles. The van der Waals surface area contributed by atoms with E-state index >= 15 is 0 Å². The van der Waals surface area contributed by atoms with Crippen molar-refractivity contribution in [2.24, 2.45) is 0 Å². The molecule has 0 radical (unpaired) electrons. The van der Waals surface area contributed by atoms with E-state index in [0.29, 0.717) is 51.7 Å². The van der Waals surface area contributed by atoms with Gasteiger partial charge in [-0.1, -0.05) is 17.7 Å². The minimum Gasteiger partial charge on any atom is -0.385 e. The van der Waals surface area contributed by atoms with Crippen LogP contribution in [-0.4, -0.2) is 52.4 Å². The van der Waals surface area contributed by atoms with Crippen molar-refractivity contribution in [3.8, 4) is 0 Å². The summed E-state index contributed by atoms with van der Waals surface area (Å²) < 4.78 is 4.99. The van der Waals surface area contributed by atoms with Gasteiger partial charge in [-0.3, -0.25) is 10.2 Å². The number of halogens is 1. The fourth-order valence-corrected chi connectivity index (χ4v) is 3.52. The number of hydrogen-bond donors (Lipinski definition) is 5. The van der Waals surface area contributed by atoms with E-state index in [1.54, 1.807) is 25.3 Å². The fourth-order valence-electron chi connectivity index (χ4n) is 3.22. The highest BCUT2D eigenvalue weighted by Gasteiger charge is 2.23. The Hall–Kier alpha value is -3.17. The lowest BCUT2D eigenvalue weighted by Gasteiger charge is -2.23. The van der Waals surface area contributed by atoms with Crippen molar-refractivity contribution in [2.75, 3.05) is 31.3 Å². The van der Waals surface area contributed by atoms with Gasteiger partial charge < -0.3 is 26.1 Å². The zero-order chi connectivity index (χ0) is 23.5. The second-order valence-electron chi connectivity index (χ2n) is 8.41. The van der Waals surface area contributed by atoms with Crippen LogP contribution in [0.2, 0.25) is 5.02 Å².